The Bertz CT molecular complexity index is 834. The van der Waals surface area contributed by atoms with E-state index < -0.39 is 5.97 Å². The van der Waals surface area contributed by atoms with Crippen molar-refractivity contribution in [3.8, 4) is 0 Å². The van der Waals surface area contributed by atoms with E-state index in [-0.39, 0.29) is 18.6 Å². The Balaban J connectivity index is 1.67. The van der Waals surface area contributed by atoms with Crippen molar-refractivity contribution in [1.82, 2.24) is 14.9 Å². The molecule has 0 spiro atoms. The molecule has 1 fully saturated rings. The summed E-state index contributed by atoms with van der Waals surface area (Å²) in [5.74, 6) is -0.623. The van der Waals surface area contributed by atoms with Crippen LogP contribution in [0.5, 0.6) is 0 Å². The van der Waals surface area contributed by atoms with Crippen LogP contribution in [-0.2, 0) is 9.53 Å². The van der Waals surface area contributed by atoms with Crippen LogP contribution in [0.1, 0.15) is 54.4 Å². The fraction of sp³-hybridized carbons (Fsp3) is 0.500. The van der Waals surface area contributed by atoms with E-state index in [2.05, 4.69) is 16.9 Å². The molecule has 3 rings (SSSR count). The number of aryl methyl sites for hydroxylation is 2. The monoisotopic (exact) mass is 355 g/mol. The Kier molecular flexibility index (Phi) is 5.49. The van der Waals surface area contributed by atoms with Crippen molar-refractivity contribution in [2.45, 2.75) is 52.5 Å². The molecule has 1 saturated heterocycles. The van der Waals surface area contributed by atoms with Crippen LogP contribution in [0, 0.1) is 13.8 Å². The quantitative estimate of drug-likeness (QED) is 0.788. The van der Waals surface area contributed by atoms with Crippen molar-refractivity contribution in [2.24, 2.45) is 0 Å². The van der Waals surface area contributed by atoms with Gasteiger partial charge in [-0.3, -0.25) is 4.79 Å². The zero-order valence-electron chi connectivity index (χ0n) is 15.6. The molecule has 1 aromatic carbocycles. The molecule has 0 unspecified atom stereocenters. The molecule has 0 radical (unpaired) electrons. The average Bonchev–Trinajstić information content (AvgIpc) is 2.66. The van der Waals surface area contributed by atoms with Crippen LogP contribution in [0.25, 0.3) is 11.0 Å². The number of fused-ring (bicyclic) bond motifs is 1. The molecule has 1 aromatic heterocycles. The highest BCUT2D eigenvalue weighted by Gasteiger charge is 2.26. The fourth-order valence-corrected chi connectivity index (χ4v) is 3.40. The van der Waals surface area contributed by atoms with Crippen molar-refractivity contribution < 1.29 is 14.3 Å². The van der Waals surface area contributed by atoms with Crippen molar-refractivity contribution in [2.75, 3.05) is 13.2 Å². The summed E-state index contributed by atoms with van der Waals surface area (Å²) < 4.78 is 5.26. The lowest BCUT2D eigenvalue weighted by Crippen LogP contribution is -2.45. The summed E-state index contributed by atoms with van der Waals surface area (Å²) in [6.07, 6.45) is 4.12. The van der Waals surface area contributed by atoms with Crippen LogP contribution < -0.4 is 0 Å². The largest absolute Gasteiger partial charge is 0.452 e. The van der Waals surface area contributed by atoms with E-state index >= 15 is 0 Å². The highest BCUT2D eigenvalue weighted by molar-refractivity contribution is 5.94. The minimum absolute atomic E-state index is 0.114. The second-order valence-electron chi connectivity index (χ2n) is 6.82. The molecule has 0 N–H and O–H groups in total. The molecule has 1 atom stereocenters. The fourth-order valence-electron chi connectivity index (χ4n) is 3.40. The maximum atomic E-state index is 12.4. The summed E-state index contributed by atoms with van der Waals surface area (Å²) in [5.41, 5.74) is 3.46. The normalized spacial score (nSPS) is 17.3. The van der Waals surface area contributed by atoms with Gasteiger partial charge in [0.2, 0.25) is 0 Å². The van der Waals surface area contributed by atoms with Gasteiger partial charge in [-0.25, -0.2) is 14.8 Å². The number of amides is 1. The van der Waals surface area contributed by atoms with Gasteiger partial charge in [-0.15, -0.1) is 0 Å². The number of carbonyl (C=O) groups excluding carboxylic acids is 2. The number of piperidine rings is 1. The van der Waals surface area contributed by atoms with E-state index in [0.29, 0.717) is 11.1 Å². The molecule has 0 saturated carbocycles. The lowest BCUT2D eigenvalue weighted by Gasteiger charge is -2.35. The van der Waals surface area contributed by atoms with Crippen molar-refractivity contribution in [1.29, 1.82) is 0 Å². The van der Waals surface area contributed by atoms with Crippen LogP contribution in [0.4, 0.5) is 0 Å². The summed E-state index contributed by atoms with van der Waals surface area (Å²) in [5, 5.41) is 0. The van der Waals surface area contributed by atoms with Gasteiger partial charge in [-0.05, 0) is 57.7 Å². The number of likely N-dealkylation sites (tertiary alicyclic amines) is 1. The van der Waals surface area contributed by atoms with E-state index in [9.17, 15) is 9.59 Å². The smallest absolute Gasteiger partial charge is 0.338 e. The minimum Gasteiger partial charge on any atom is -0.452 e. The Hall–Kier alpha value is -2.50. The molecule has 1 amide bonds. The molecule has 1 aliphatic rings. The van der Waals surface area contributed by atoms with E-state index in [1.807, 2.05) is 18.7 Å². The van der Waals surface area contributed by atoms with Gasteiger partial charge in [0.05, 0.1) is 28.0 Å². The minimum atomic E-state index is -0.509. The third-order valence-electron chi connectivity index (χ3n) is 5.06. The summed E-state index contributed by atoms with van der Waals surface area (Å²) >= 11 is 0. The molecule has 6 nitrogen and oxygen atoms in total. The van der Waals surface area contributed by atoms with Gasteiger partial charge in [-0.2, -0.15) is 0 Å². The number of nitrogens with zero attached hydrogens (tertiary/aromatic N) is 3. The Labute approximate surface area is 153 Å². The molecular formula is C20H25N3O3. The zero-order valence-corrected chi connectivity index (χ0v) is 15.6. The van der Waals surface area contributed by atoms with Crippen LogP contribution in [0.15, 0.2) is 18.2 Å². The first-order valence-electron chi connectivity index (χ1n) is 9.21. The van der Waals surface area contributed by atoms with Gasteiger partial charge in [0, 0.05) is 12.6 Å². The number of benzene rings is 1. The number of aromatic nitrogens is 2. The molecule has 0 bridgehead atoms. The molecule has 2 heterocycles. The number of carbonyl (C=O) groups is 2. The number of hydrogen-bond acceptors (Lipinski definition) is 5. The van der Waals surface area contributed by atoms with Crippen molar-refractivity contribution >= 4 is 22.9 Å². The third-order valence-corrected chi connectivity index (χ3v) is 5.06. The Morgan fingerprint density at radius 3 is 2.62 bits per heavy atom. The predicted octanol–water partition coefficient (Wildman–Crippen LogP) is 3.19. The van der Waals surface area contributed by atoms with Gasteiger partial charge in [0.15, 0.2) is 6.61 Å². The average molecular weight is 355 g/mol. The van der Waals surface area contributed by atoms with Gasteiger partial charge in [-0.1, -0.05) is 6.92 Å². The van der Waals surface area contributed by atoms with E-state index in [4.69, 9.17) is 4.74 Å². The lowest BCUT2D eigenvalue weighted by atomic mass is 10.00. The summed E-state index contributed by atoms with van der Waals surface area (Å²) in [6, 6.07) is 5.34. The first-order chi connectivity index (χ1) is 12.5. The molecule has 1 aliphatic heterocycles. The van der Waals surface area contributed by atoms with Crippen LogP contribution in [-0.4, -0.2) is 45.9 Å². The van der Waals surface area contributed by atoms with Gasteiger partial charge >= 0.3 is 5.97 Å². The molecular weight excluding hydrogens is 330 g/mol. The SMILES string of the molecule is CC[C@@H]1CCCCN1C(=O)COC(=O)c1ccc2nc(C)c(C)nc2c1. The van der Waals surface area contributed by atoms with Crippen LogP contribution in [0.3, 0.4) is 0 Å². The lowest BCUT2D eigenvalue weighted by molar-refractivity contribution is -0.138. The maximum absolute atomic E-state index is 12.4. The van der Waals surface area contributed by atoms with Crippen molar-refractivity contribution in [3.63, 3.8) is 0 Å². The first-order valence-corrected chi connectivity index (χ1v) is 9.21. The standard InChI is InChI=1S/C20H25N3O3/c1-4-16-7-5-6-10-23(16)19(24)12-26-20(25)15-8-9-17-18(11-15)22-14(3)13(2)21-17/h8-9,11,16H,4-7,10,12H2,1-3H3/t16-/m1/s1. The van der Waals surface area contributed by atoms with Crippen molar-refractivity contribution in [3.05, 3.63) is 35.2 Å². The number of rotatable bonds is 4. The van der Waals surface area contributed by atoms with E-state index in [1.54, 1.807) is 18.2 Å². The molecule has 26 heavy (non-hydrogen) atoms. The first kappa shape index (κ1) is 18.3. The maximum Gasteiger partial charge on any atom is 0.338 e. The highest BCUT2D eigenvalue weighted by Crippen LogP contribution is 2.20. The number of hydrogen-bond donors (Lipinski definition) is 0. The second kappa shape index (κ2) is 7.81. The van der Waals surface area contributed by atoms with Gasteiger partial charge in [0.1, 0.15) is 0 Å². The predicted molar refractivity (Wildman–Crippen MR) is 98.9 cm³/mol. The number of ether oxygens (including phenoxy) is 1. The highest BCUT2D eigenvalue weighted by atomic mass is 16.5. The van der Waals surface area contributed by atoms with Gasteiger partial charge < -0.3 is 9.64 Å². The van der Waals surface area contributed by atoms with E-state index in [0.717, 1.165) is 49.1 Å². The second-order valence-corrected chi connectivity index (χ2v) is 6.82. The summed E-state index contributed by atoms with van der Waals surface area (Å²) in [4.78, 5) is 35.5. The molecule has 138 valence electrons. The summed E-state index contributed by atoms with van der Waals surface area (Å²) in [7, 11) is 0. The molecule has 0 aliphatic carbocycles. The molecule has 2 aromatic rings. The molecule has 6 heteroatoms. The summed E-state index contributed by atoms with van der Waals surface area (Å²) in [6.45, 7) is 6.40. The third kappa shape index (κ3) is 3.84. The topological polar surface area (TPSA) is 72.4 Å². The van der Waals surface area contributed by atoms with Crippen LogP contribution >= 0.6 is 0 Å². The number of esters is 1. The zero-order chi connectivity index (χ0) is 18.7. The Morgan fingerprint density at radius 2 is 1.88 bits per heavy atom. The van der Waals surface area contributed by atoms with Crippen LogP contribution in [0.2, 0.25) is 0 Å². The van der Waals surface area contributed by atoms with E-state index in [1.165, 1.54) is 0 Å². The Morgan fingerprint density at radius 1 is 1.15 bits per heavy atom. The van der Waals surface area contributed by atoms with Gasteiger partial charge in [0.25, 0.3) is 5.91 Å².